The molecule has 5 heteroatoms. The number of anilines is 1. The van der Waals surface area contributed by atoms with Crippen molar-refractivity contribution in [1.29, 1.82) is 0 Å². The molecule has 0 saturated carbocycles. The van der Waals surface area contributed by atoms with E-state index < -0.39 is 0 Å². The highest BCUT2D eigenvalue weighted by molar-refractivity contribution is 7.13. The maximum Gasteiger partial charge on any atom is 0.251 e. The molecule has 1 aliphatic heterocycles. The number of rotatable bonds is 5. The molecule has 23 heavy (non-hydrogen) atoms. The number of hydrogen-bond acceptors (Lipinski definition) is 4. The van der Waals surface area contributed by atoms with Gasteiger partial charge >= 0.3 is 0 Å². The predicted octanol–water partition coefficient (Wildman–Crippen LogP) is 3.41. The van der Waals surface area contributed by atoms with Gasteiger partial charge in [0, 0.05) is 37.0 Å². The Morgan fingerprint density at radius 3 is 2.83 bits per heavy atom. The Kier molecular flexibility index (Phi) is 5.28. The van der Waals surface area contributed by atoms with Crippen LogP contribution >= 0.6 is 11.3 Å². The smallest absolute Gasteiger partial charge is 0.251 e. The van der Waals surface area contributed by atoms with Crippen molar-refractivity contribution in [2.45, 2.75) is 32.6 Å². The minimum absolute atomic E-state index is 0.00502. The second-order valence-electron chi connectivity index (χ2n) is 5.99. The van der Waals surface area contributed by atoms with E-state index in [0.717, 1.165) is 41.5 Å². The first-order chi connectivity index (χ1) is 11.2. The van der Waals surface area contributed by atoms with E-state index in [2.05, 4.69) is 15.6 Å². The van der Waals surface area contributed by atoms with E-state index >= 15 is 0 Å². The fourth-order valence-corrected chi connectivity index (χ4v) is 3.78. The van der Waals surface area contributed by atoms with Crippen LogP contribution in [0.4, 0.5) is 5.13 Å². The first kappa shape index (κ1) is 16.0. The van der Waals surface area contributed by atoms with E-state index in [-0.39, 0.29) is 5.91 Å². The van der Waals surface area contributed by atoms with Crippen molar-refractivity contribution in [3.63, 3.8) is 0 Å². The number of piperidine rings is 1. The number of carbonyl (C=O) groups excluding carboxylic acids is 1. The Balaban J connectivity index is 1.50. The van der Waals surface area contributed by atoms with Crippen molar-refractivity contribution in [3.05, 3.63) is 46.5 Å². The van der Waals surface area contributed by atoms with Crippen molar-refractivity contribution >= 4 is 22.4 Å². The summed E-state index contributed by atoms with van der Waals surface area (Å²) in [4.78, 5) is 19.3. The molecule has 3 rings (SSSR count). The van der Waals surface area contributed by atoms with Crippen LogP contribution < -0.4 is 10.2 Å². The number of aryl methyl sites for hydroxylation is 1. The van der Waals surface area contributed by atoms with Crippen molar-refractivity contribution < 1.29 is 4.79 Å². The van der Waals surface area contributed by atoms with Gasteiger partial charge in [0.2, 0.25) is 0 Å². The molecule has 1 amide bonds. The van der Waals surface area contributed by atoms with Crippen LogP contribution in [0.25, 0.3) is 0 Å². The summed E-state index contributed by atoms with van der Waals surface area (Å²) >= 11 is 1.72. The summed E-state index contributed by atoms with van der Waals surface area (Å²) in [7, 11) is 0. The predicted molar refractivity (Wildman–Crippen MR) is 95.4 cm³/mol. The fourth-order valence-electron chi connectivity index (χ4n) is 2.87. The lowest BCUT2D eigenvalue weighted by Crippen LogP contribution is -2.29. The molecule has 1 fully saturated rings. The van der Waals surface area contributed by atoms with Gasteiger partial charge in [0.1, 0.15) is 0 Å². The Morgan fingerprint density at radius 2 is 2.04 bits per heavy atom. The average Bonchev–Trinajstić information content (AvgIpc) is 3.05. The van der Waals surface area contributed by atoms with E-state index in [0.29, 0.717) is 6.54 Å². The number of thiazole rings is 1. The van der Waals surface area contributed by atoms with Crippen molar-refractivity contribution in [3.8, 4) is 0 Å². The van der Waals surface area contributed by atoms with Gasteiger partial charge in [-0.3, -0.25) is 4.79 Å². The zero-order chi connectivity index (χ0) is 16.1. The molecule has 0 spiro atoms. The molecule has 2 heterocycles. The third-order valence-corrected chi connectivity index (χ3v) is 5.17. The first-order valence-electron chi connectivity index (χ1n) is 8.27. The first-order valence-corrected chi connectivity index (χ1v) is 9.15. The SMILES string of the molecule is Cc1ccccc1C(=O)NCCc1csc(N2CCCCC2)n1. The topological polar surface area (TPSA) is 45.2 Å². The summed E-state index contributed by atoms with van der Waals surface area (Å²) in [5, 5.41) is 6.23. The minimum atomic E-state index is -0.00502. The van der Waals surface area contributed by atoms with Gasteiger partial charge in [-0.25, -0.2) is 4.98 Å². The van der Waals surface area contributed by atoms with Crippen LogP contribution in [0, 0.1) is 6.92 Å². The quantitative estimate of drug-likeness (QED) is 0.914. The van der Waals surface area contributed by atoms with Gasteiger partial charge in [0.15, 0.2) is 5.13 Å². The van der Waals surface area contributed by atoms with Gasteiger partial charge in [-0.05, 0) is 37.8 Å². The van der Waals surface area contributed by atoms with E-state index in [1.54, 1.807) is 11.3 Å². The zero-order valence-electron chi connectivity index (χ0n) is 13.5. The summed E-state index contributed by atoms with van der Waals surface area (Å²) in [6.07, 6.45) is 4.64. The number of nitrogens with zero attached hydrogens (tertiary/aromatic N) is 2. The second-order valence-corrected chi connectivity index (χ2v) is 6.83. The Bertz CT molecular complexity index is 662. The van der Waals surface area contributed by atoms with Gasteiger partial charge < -0.3 is 10.2 Å². The Morgan fingerprint density at radius 1 is 1.26 bits per heavy atom. The van der Waals surface area contributed by atoms with Crippen molar-refractivity contribution in [2.24, 2.45) is 0 Å². The summed E-state index contributed by atoms with van der Waals surface area (Å²) in [5.41, 5.74) is 2.83. The molecule has 2 aromatic rings. The molecule has 0 radical (unpaired) electrons. The lowest BCUT2D eigenvalue weighted by molar-refractivity contribution is 0.0953. The van der Waals surface area contributed by atoms with Crippen molar-refractivity contribution in [2.75, 3.05) is 24.5 Å². The van der Waals surface area contributed by atoms with Crippen LogP contribution in [0.15, 0.2) is 29.6 Å². The van der Waals surface area contributed by atoms with E-state index in [4.69, 9.17) is 4.98 Å². The lowest BCUT2D eigenvalue weighted by Gasteiger charge is -2.25. The number of nitrogens with one attached hydrogen (secondary N) is 1. The van der Waals surface area contributed by atoms with Crippen LogP contribution in [-0.2, 0) is 6.42 Å². The highest BCUT2D eigenvalue weighted by Crippen LogP contribution is 2.24. The van der Waals surface area contributed by atoms with E-state index in [9.17, 15) is 4.79 Å². The molecule has 122 valence electrons. The molecule has 1 aliphatic rings. The lowest BCUT2D eigenvalue weighted by atomic mass is 10.1. The highest BCUT2D eigenvalue weighted by Gasteiger charge is 2.14. The standard InChI is InChI=1S/C18H23N3OS/c1-14-7-3-4-8-16(14)17(22)19-10-9-15-13-23-18(20-15)21-11-5-2-6-12-21/h3-4,7-8,13H,2,5-6,9-12H2,1H3,(H,19,22). The molecule has 1 N–H and O–H groups in total. The van der Waals surface area contributed by atoms with Gasteiger partial charge in [-0.15, -0.1) is 11.3 Å². The Hall–Kier alpha value is -1.88. The third-order valence-electron chi connectivity index (χ3n) is 4.22. The molecule has 4 nitrogen and oxygen atoms in total. The van der Waals surface area contributed by atoms with E-state index in [1.165, 1.54) is 19.3 Å². The van der Waals surface area contributed by atoms with Crippen LogP contribution in [-0.4, -0.2) is 30.5 Å². The molecule has 1 aromatic carbocycles. The maximum atomic E-state index is 12.2. The average molecular weight is 329 g/mol. The number of benzene rings is 1. The Labute approximate surface area is 141 Å². The summed E-state index contributed by atoms with van der Waals surface area (Å²) < 4.78 is 0. The molecular weight excluding hydrogens is 306 g/mol. The number of carbonyl (C=O) groups is 1. The molecule has 0 unspecified atom stereocenters. The number of aromatic nitrogens is 1. The maximum absolute atomic E-state index is 12.2. The normalized spacial score (nSPS) is 14.7. The van der Waals surface area contributed by atoms with Gasteiger partial charge in [0.25, 0.3) is 5.91 Å². The van der Waals surface area contributed by atoms with Crippen LogP contribution in [0.5, 0.6) is 0 Å². The van der Waals surface area contributed by atoms with Gasteiger partial charge in [0.05, 0.1) is 5.69 Å². The van der Waals surface area contributed by atoms with Crippen molar-refractivity contribution in [1.82, 2.24) is 10.3 Å². The molecule has 0 aliphatic carbocycles. The summed E-state index contributed by atoms with van der Waals surface area (Å²) in [5.74, 6) is -0.00502. The summed E-state index contributed by atoms with van der Waals surface area (Å²) in [6.45, 7) is 4.82. The van der Waals surface area contributed by atoms with Gasteiger partial charge in [-0.2, -0.15) is 0 Å². The zero-order valence-corrected chi connectivity index (χ0v) is 14.4. The van der Waals surface area contributed by atoms with Crippen LogP contribution in [0.3, 0.4) is 0 Å². The monoisotopic (exact) mass is 329 g/mol. The third kappa shape index (κ3) is 4.10. The molecule has 0 atom stereocenters. The molecule has 1 saturated heterocycles. The highest BCUT2D eigenvalue weighted by atomic mass is 32.1. The van der Waals surface area contributed by atoms with Gasteiger partial charge in [-0.1, -0.05) is 18.2 Å². The fraction of sp³-hybridized carbons (Fsp3) is 0.444. The van der Waals surface area contributed by atoms with E-state index in [1.807, 2.05) is 31.2 Å². The minimum Gasteiger partial charge on any atom is -0.352 e. The largest absolute Gasteiger partial charge is 0.352 e. The second kappa shape index (κ2) is 7.59. The molecule has 1 aromatic heterocycles. The summed E-state index contributed by atoms with van der Waals surface area (Å²) in [6, 6.07) is 7.67. The van der Waals surface area contributed by atoms with Crippen LogP contribution in [0.2, 0.25) is 0 Å². The molecular formula is C18H23N3OS. The number of hydrogen-bond donors (Lipinski definition) is 1. The van der Waals surface area contributed by atoms with Crippen LogP contribution in [0.1, 0.15) is 40.9 Å². The molecule has 0 bridgehead atoms. The number of amides is 1.